The van der Waals surface area contributed by atoms with Crippen molar-refractivity contribution < 1.29 is 9.90 Å². The first kappa shape index (κ1) is 15.8. The van der Waals surface area contributed by atoms with E-state index in [1.54, 1.807) is 12.1 Å². The molecule has 0 aliphatic carbocycles. The number of fused-ring (bicyclic) bond motifs is 1. The Bertz CT molecular complexity index is 874. The third-order valence-electron chi connectivity index (χ3n) is 5.23. The van der Waals surface area contributed by atoms with Crippen molar-refractivity contribution in [1.29, 1.82) is 0 Å². The summed E-state index contributed by atoms with van der Waals surface area (Å²) in [6.45, 7) is 1.60. The van der Waals surface area contributed by atoms with Crippen molar-refractivity contribution in [3.05, 3.63) is 65.9 Å². The van der Waals surface area contributed by atoms with E-state index in [4.69, 9.17) is 0 Å². The summed E-state index contributed by atoms with van der Waals surface area (Å²) in [6.07, 6.45) is 4.36. The molecule has 1 aliphatic rings. The number of piperidine rings is 1. The van der Waals surface area contributed by atoms with Gasteiger partial charge in [0.15, 0.2) is 0 Å². The van der Waals surface area contributed by atoms with Crippen molar-refractivity contribution >= 4 is 16.8 Å². The predicted molar refractivity (Wildman–Crippen MR) is 98.7 cm³/mol. The molecule has 1 saturated heterocycles. The number of benzene rings is 2. The number of phenolic OH excluding ortho intramolecular Hbond substituents is 1. The van der Waals surface area contributed by atoms with Crippen molar-refractivity contribution in [2.75, 3.05) is 13.1 Å². The van der Waals surface area contributed by atoms with Gasteiger partial charge >= 0.3 is 0 Å². The number of para-hydroxylation sites is 1. The molecule has 0 bridgehead atoms. The summed E-state index contributed by atoms with van der Waals surface area (Å²) >= 11 is 0. The molecule has 4 rings (SSSR count). The summed E-state index contributed by atoms with van der Waals surface area (Å²) in [7, 11) is 0. The van der Waals surface area contributed by atoms with E-state index in [0.717, 1.165) is 42.4 Å². The molecule has 128 valence electrons. The van der Waals surface area contributed by atoms with Gasteiger partial charge in [-0.3, -0.25) is 4.79 Å². The highest BCUT2D eigenvalue weighted by atomic mass is 16.3. The molecule has 0 radical (unpaired) electrons. The summed E-state index contributed by atoms with van der Waals surface area (Å²) < 4.78 is 0. The van der Waals surface area contributed by atoms with Gasteiger partial charge in [0, 0.05) is 30.2 Å². The summed E-state index contributed by atoms with van der Waals surface area (Å²) in [5.74, 6) is 0.974. The molecule has 4 nitrogen and oxygen atoms in total. The number of H-pyrrole nitrogens is 1. The number of hydrogen-bond acceptors (Lipinski definition) is 2. The van der Waals surface area contributed by atoms with E-state index in [0.29, 0.717) is 18.1 Å². The minimum atomic E-state index is 0.203. The average Bonchev–Trinajstić information content (AvgIpc) is 3.06. The first-order chi connectivity index (χ1) is 12.2. The van der Waals surface area contributed by atoms with E-state index in [9.17, 15) is 9.90 Å². The molecular formula is C21H22N2O2. The third-order valence-corrected chi connectivity index (χ3v) is 5.23. The van der Waals surface area contributed by atoms with E-state index in [-0.39, 0.29) is 5.91 Å². The molecule has 0 unspecified atom stereocenters. The Labute approximate surface area is 147 Å². The quantitative estimate of drug-likeness (QED) is 0.765. The van der Waals surface area contributed by atoms with Crippen LogP contribution in [0.25, 0.3) is 10.9 Å². The van der Waals surface area contributed by atoms with Crippen molar-refractivity contribution in [2.24, 2.45) is 0 Å². The number of nitrogens with zero attached hydrogens (tertiary/aromatic N) is 1. The number of carbonyl (C=O) groups is 1. The molecule has 25 heavy (non-hydrogen) atoms. The number of amides is 1. The van der Waals surface area contributed by atoms with Crippen LogP contribution in [0.2, 0.25) is 0 Å². The second-order valence-corrected chi connectivity index (χ2v) is 6.78. The van der Waals surface area contributed by atoms with Crippen molar-refractivity contribution in [1.82, 2.24) is 9.88 Å². The Morgan fingerprint density at radius 3 is 2.56 bits per heavy atom. The van der Waals surface area contributed by atoms with E-state index < -0.39 is 0 Å². The van der Waals surface area contributed by atoms with Crippen molar-refractivity contribution in [2.45, 2.75) is 25.2 Å². The third kappa shape index (κ3) is 3.25. The van der Waals surface area contributed by atoms with Crippen molar-refractivity contribution in [3.63, 3.8) is 0 Å². The molecule has 1 fully saturated rings. The van der Waals surface area contributed by atoms with Crippen LogP contribution in [0.1, 0.15) is 29.9 Å². The first-order valence-electron chi connectivity index (χ1n) is 8.82. The van der Waals surface area contributed by atoms with Crippen LogP contribution in [0.3, 0.4) is 0 Å². The molecule has 3 aromatic rings. The topological polar surface area (TPSA) is 56.3 Å². The summed E-state index contributed by atoms with van der Waals surface area (Å²) in [5, 5.41) is 10.5. The van der Waals surface area contributed by atoms with Gasteiger partial charge in [-0.2, -0.15) is 0 Å². The molecule has 1 amide bonds. The van der Waals surface area contributed by atoms with Crippen LogP contribution in [-0.4, -0.2) is 34.0 Å². The normalized spacial score (nSPS) is 15.6. The molecule has 0 atom stereocenters. The van der Waals surface area contributed by atoms with Crippen LogP contribution in [0.15, 0.2) is 54.7 Å². The Morgan fingerprint density at radius 2 is 1.80 bits per heavy atom. The van der Waals surface area contributed by atoms with E-state index in [2.05, 4.69) is 11.1 Å². The highest BCUT2D eigenvalue weighted by Crippen LogP contribution is 2.29. The van der Waals surface area contributed by atoms with Crippen LogP contribution < -0.4 is 0 Å². The SMILES string of the molecule is O=C(Cc1c[nH]c2ccccc12)N1CCC(c2ccc(O)cc2)CC1. The molecule has 1 aromatic heterocycles. The highest BCUT2D eigenvalue weighted by molar-refractivity contribution is 5.88. The Kier molecular flexibility index (Phi) is 4.18. The maximum absolute atomic E-state index is 12.7. The minimum Gasteiger partial charge on any atom is -0.508 e. The Balaban J connectivity index is 1.39. The molecular weight excluding hydrogens is 312 g/mol. The largest absolute Gasteiger partial charge is 0.508 e. The molecule has 2 aromatic carbocycles. The standard InChI is InChI=1S/C21H22N2O2/c24-18-7-5-15(6-8-18)16-9-11-23(12-10-16)21(25)13-17-14-22-20-4-2-1-3-19(17)20/h1-8,14,16,22,24H,9-13H2. The number of aromatic nitrogens is 1. The lowest BCUT2D eigenvalue weighted by molar-refractivity contribution is -0.131. The maximum atomic E-state index is 12.7. The fourth-order valence-electron chi connectivity index (χ4n) is 3.76. The van der Waals surface area contributed by atoms with E-state index in [1.165, 1.54) is 5.56 Å². The van der Waals surface area contributed by atoms with Gasteiger partial charge in [-0.25, -0.2) is 0 Å². The number of nitrogens with one attached hydrogen (secondary N) is 1. The predicted octanol–water partition coefficient (Wildman–Crippen LogP) is 3.82. The zero-order valence-electron chi connectivity index (χ0n) is 14.1. The summed E-state index contributed by atoms with van der Waals surface area (Å²) in [6, 6.07) is 15.6. The van der Waals surface area contributed by atoms with Gasteiger partial charge in [0.1, 0.15) is 5.75 Å². The maximum Gasteiger partial charge on any atom is 0.227 e. The van der Waals surface area contributed by atoms with Gasteiger partial charge in [-0.15, -0.1) is 0 Å². The number of hydrogen-bond donors (Lipinski definition) is 2. The lowest BCUT2D eigenvalue weighted by atomic mass is 9.89. The number of carbonyl (C=O) groups excluding carboxylic acids is 1. The van der Waals surface area contributed by atoms with Crippen LogP contribution in [0, 0.1) is 0 Å². The number of aromatic hydroxyl groups is 1. The Morgan fingerprint density at radius 1 is 1.08 bits per heavy atom. The zero-order valence-corrected chi connectivity index (χ0v) is 14.1. The fraction of sp³-hybridized carbons (Fsp3) is 0.286. The van der Waals surface area contributed by atoms with E-state index in [1.807, 2.05) is 41.4 Å². The van der Waals surface area contributed by atoms with Gasteiger partial charge in [0.2, 0.25) is 5.91 Å². The Hall–Kier alpha value is -2.75. The lowest BCUT2D eigenvalue weighted by Gasteiger charge is -2.32. The molecule has 4 heteroatoms. The van der Waals surface area contributed by atoms with Crippen molar-refractivity contribution in [3.8, 4) is 5.75 Å². The smallest absolute Gasteiger partial charge is 0.227 e. The highest BCUT2D eigenvalue weighted by Gasteiger charge is 2.24. The van der Waals surface area contributed by atoms with E-state index >= 15 is 0 Å². The summed E-state index contributed by atoms with van der Waals surface area (Å²) in [4.78, 5) is 17.9. The van der Waals surface area contributed by atoms with Crippen LogP contribution in [-0.2, 0) is 11.2 Å². The molecule has 2 N–H and O–H groups in total. The zero-order chi connectivity index (χ0) is 17.2. The van der Waals surface area contributed by atoms with Gasteiger partial charge in [0.05, 0.1) is 6.42 Å². The molecule has 1 aliphatic heterocycles. The molecule has 0 saturated carbocycles. The summed E-state index contributed by atoms with van der Waals surface area (Å²) in [5.41, 5.74) is 3.40. The average molecular weight is 334 g/mol. The molecule has 0 spiro atoms. The minimum absolute atomic E-state index is 0.203. The first-order valence-corrected chi connectivity index (χ1v) is 8.82. The monoisotopic (exact) mass is 334 g/mol. The van der Waals surface area contributed by atoms with Gasteiger partial charge in [-0.1, -0.05) is 30.3 Å². The van der Waals surface area contributed by atoms with Crippen LogP contribution >= 0.6 is 0 Å². The molecule has 2 heterocycles. The second-order valence-electron chi connectivity index (χ2n) is 6.78. The second kappa shape index (κ2) is 6.63. The lowest BCUT2D eigenvalue weighted by Crippen LogP contribution is -2.38. The van der Waals surface area contributed by atoms with Crippen LogP contribution in [0.5, 0.6) is 5.75 Å². The number of phenols is 1. The van der Waals surface area contributed by atoms with Crippen LogP contribution in [0.4, 0.5) is 0 Å². The number of rotatable bonds is 3. The fourth-order valence-corrected chi connectivity index (χ4v) is 3.76. The van der Waals surface area contributed by atoms with Gasteiger partial charge in [0.25, 0.3) is 0 Å². The number of likely N-dealkylation sites (tertiary alicyclic amines) is 1. The van der Waals surface area contributed by atoms with Gasteiger partial charge in [-0.05, 0) is 48.1 Å². The van der Waals surface area contributed by atoms with Gasteiger partial charge < -0.3 is 15.0 Å². The number of aromatic amines is 1.